The summed E-state index contributed by atoms with van der Waals surface area (Å²) in [6, 6.07) is 16.6. The molecule has 0 fully saturated rings. The molecule has 0 aliphatic heterocycles. The molecule has 0 heterocycles. The summed E-state index contributed by atoms with van der Waals surface area (Å²) >= 11 is 0. The molecule has 1 aliphatic rings. The minimum Gasteiger partial charge on any atom is -0.313 e. The Morgan fingerprint density at radius 2 is 2.00 bits per heavy atom. The van der Waals surface area contributed by atoms with Crippen LogP contribution in [0.5, 0.6) is 0 Å². The second kappa shape index (κ2) is 7.40. The van der Waals surface area contributed by atoms with Gasteiger partial charge < -0.3 is 5.32 Å². The molecule has 126 valence electrons. The van der Waals surface area contributed by atoms with Gasteiger partial charge in [0, 0.05) is 15.9 Å². The summed E-state index contributed by atoms with van der Waals surface area (Å²) in [5.41, 5.74) is 6.06. The number of hydroxylamine groups is 1. The van der Waals surface area contributed by atoms with Crippen LogP contribution in [0.1, 0.15) is 37.7 Å². The van der Waals surface area contributed by atoms with Gasteiger partial charge in [0.05, 0.1) is 0 Å². The molecule has 1 unspecified atom stereocenters. The van der Waals surface area contributed by atoms with E-state index >= 15 is 0 Å². The summed E-state index contributed by atoms with van der Waals surface area (Å²) < 4.78 is 0. The van der Waals surface area contributed by atoms with Crippen LogP contribution in [0.2, 0.25) is 0 Å². The van der Waals surface area contributed by atoms with Crippen LogP contribution < -0.4 is 10.8 Å². The van der Waals surface area contributed by atoms with Gasteiger partial charge in [-0.15, -0.1) is 0 Å². The van der Waals surface area contributed by atoms with Gasteiger partial charge in [0.25, 0.3) is 5.91 Å². The molecular weight excluding hydrogens is 288 g/mol. The number of rotatable bonds is 5. The number of carbonyl (C=O) groups is 1. The highest BCUT2D eigenvalue weighted by atomic mass is 16.5. The zero-order valence-corrected chi connectivity index (χ0v) is 13.1. The summed E-state index contributed by atoms with van der Waals surface area (Å²) in [5, 5.41) is 12.4. The molecule has 0 aromatic heterocycles. The summed E-state index contributed by atoms with van der Waals surface area (Å²) in [4.78, 5) is 11.5. The quantitative estimate of drug-likeness (QED) is 0.586. The zero-order chi connectivity index (χ0) is 16.1. The minimum atomic E-state index is -0.452. The van der Waals surface area contributed by atoms with E-state index in [1.165, 1.54) is 16.7 Å². The Morgan fingerprint density at radius 1 is 1.17 bits per heavy atom. The lowest BCUT2D eigenvalue weighted by molar-refractivity contribution is 0.0706. The third kappa shape index (κ3) is 3.97. The number of carbonyl (C=O) groups excluding carboxylic acids is 1. The number of benzene rings is 2. The molecule has 0 saturated heterocycles. The second-order valence-corrected chi connectivity index (χ2v) is 6.05. The first-order valence-electron chi connectivity index (χ1n) is 8.10. The molecule has 1 atom stereocenters. The SMILES string of the molecule is O=C(NO)c1ccc2c(c1)CC(NCCc1ccccc1)CC2.[HH].[HH].[HH]. The van der Waals surface area contributed by atoms with E-state index in [1.807, 2.05) is 18.2 Å². The van der Waals surface area contributed by atoms with E-state index in [9.17, 15) is 4.79 Å². The Bertz CT molecular complexity index is 684. The molecular formula is C19H28N2O2. The average Bonchev–Trinajstić information content (AvgIpc) is 2.61. The van der Waals surface area contributed by atoms with Crippen molar-refractivity contribution in [3.05, 3.63) is 70.8 Å². The number of amides is 1. The van der Waals surface area contributed by atoms with Crippen molar-refractivity contribution in [2.45, 2.75) is 31.7 Å². The van der Waals surface area contributed by atoms with E-state index in [1.54, 1.807) is 11.5 Å². The van der Waals surface area contributed by atoms with Gasteiger partial charge in [-0.05, 0) is 61.1 Å². The molecule has 2 aromatic rings. The van der Waals surface area contributed by atoms with Crippen molar-refractivity contribution in [2.24, 2.45) is 0 Å². The largest absolute Gasteiger partial charge is 0.313 e. The molecule has 4 nitrogen and oxygen atoms in total. The molecule has 4 heteroatoms. The Labute approximate surface area is 141 Å². The third-order valence-electron chi connectivity index (χ3n) is 4.49. The van der Waals surface area contributed by atoms with Gasteiger partial charge >= 0.3 is 0 Å². The number of hydrogen-bond acceptors (Lipinski definition) is 3. The molecule has 3 N–H and O–H groups in total. The first kappa shape index (κ1) is 15.7. The van der Waals surface area contributed by atoms with Crippen molar-refractivity contribution in [1.29, 1.82) is 0 Å². The summed E-state index contributed by atoms with van der Waals surface area (Å²) in [7, 11) is 0. The van der Waals surface area contributed by atoms with Gasteiger partial charge in [-0.25, -0.2) is 5.48 Å². The fourth-order valence-corrected chi connectivity index (χ4v) is 3.20. The van der Waals surface area contributed by atoms with Crippen molar-refractivity contribution in [1.82, 2.24) is 10.8 Å². The molecule has 1 aliphatic carbocycles. The molecule has 0 bridgehead atoms. The summed E-state index contributed by atoms with van der Waals surface area (Å²) in [5.74, 6) is -0.452. The highest BCUT2D eigenvalue weighted by Gasteiger charge is 2.19. The van der Waals surface area contributed by atoms with Crippen LogP contribution in [0.15, 0.2) is 48.5 Å². The van der Waals surface area contributed by atoms with Crippen molar-refractivity contribution in [2.75, 3.05) is 6.54 Å². The van der Waals surface area contributed by atoms with Gasteiger partial charge in [-0.1, -0.05) is 36.4 Å². The Balaban J connectivity index is 0.00000208. The highest BCUT2D eigenvalue weighted by molar-refractivity contribution is 5.93. The molecule has 0 radical (unpaired) electrons. The number of aryl methyl sites for hydroxylation is 1. The first-order chi connectivity index (χ1) is 11.3. The lowest BCUT2D eigenvalue weighted by Gasteiger charge is -2.26. The van der Waals surface area contributed by atoms with Crippen LogP contribution in [0.3, 0.4) is 0 Å². The predicted molar refractivity (Wildman–Crippen MR) is 96.0 cm³/mol. The topological polar surface area (TPSA) is 61.4 Å². The van der Waals surface area contributed by atoms with Crippen LogP contribution in [0.4, 0.5) is 0 Å². The molecule has 3 rings (SSSR count). The minimum absolute atomic E-state index is 0. The van der Waals surface area contributed by atoms with Gasteiger partial charge in [-0.2, -0.15) is 0 Å². The van der Waals surface area contributed by atoms with Crippen LogP contribution in [0, 0.1) is 0 Å². The zero-order valence-electron chi connectivity index (χ0n) is 13.1. The number of fused-ring (bicyclic) bond motifs is 1. The van der Waals surface area contributed by atoms with E-state index in [2.05, 4.69) is 29.6 Å². The maximum atomic E-state index is 11.5. The van der Waals surface area contributed by atoms with E-state index in [-0.39, 0.29) is 4.28 Å². The smallest absolute Gasteiger partial charge is 0.274 e. The highest BCUT2D eigenvalue weighted by Crippen LogP contribution is 2.22. The van der Waals surface area contributed by atoms with Crippen LogP contribution in [-0.4, -0.2) is 23.7 Å². The first-order valence-corrected chi connectivity index (χ1v) is 8.10. The Morgan fingerprint density at radius 3 is 2.78 bits per heavy atom. The Hall–Kier alpha value is -2.17. The van der Waals surface area contributed by atoms with E-state index < -0.39 is 5.91 Å². The third-order valence-corrected chi connectivity index (χ3v) is 4.49. The van der Waals surface area contributed by atoms with Crippen LogP contribution >= 0.6 is 0 Å². The molecule has 2 aromatic carbocycles. The Kier molecular flexibility index (Phi) is 5.05. The second-order valence-electron chi connectivity index (χ2n) is 6.05. The predicted octanol–water partition coefficient (Wildman–Crippen LogP) is 3.23. The van der Waals surface area contributed by atoms with Gasteiger partial charge in [-0.3, -0.25) is 10.0 Å². The van der Waals surface area contributed by atoms with E-state index in [0.29, 0.717) is 11.6 Å². The van der Waals surface area contributed by atoms with Crippen molar-refractivity contribution in [3.8, 4) is 0 Å². The van der Waals surface area contributed by atoms with E-state index in [4.69, 9.17) is 5.21 Å². The van der Waals surface area contributed by atoms with Gasteiger partial charge in [0.2, 0.25) is 0 Å². The normalized spacial score (nSPS) is 16.7. The summed E-state index contributed by atoms with van der Waals surface area (Å²) in [6.07, 6.45) is 4.10. The van der Waals surface area contributed by atoms with Gasteiger partial charge in [0.1, 0.15) is 0 Å². The van der Waals surface area contributed by atoms with Crippen molar-refractivity contribution in [3.63, 3.8) is 0 Å². The molecule has 23 heavy (non-hydrogen) atoms. The molecule has 0 spiro atoms. The average molecular weight is 316 g/mol. The van der Waals surface area contributed by atoms with Crippen LogP contribution in [-0.2, 0) is 19.3 Å². The molecule has 0 saturated carbocycles. The number of hydrogen-bond donors (Lipinski definition) is 3. The standard InChI is InChI=1S/C19H22N2O2.3H2/c22-19(21-23)16-7-6-15-8-9-18(13-17(15)12-16)20-11-10-14-4-2-1-3-5-14;;;/h1-7,12,18,20,23H,8-11,13H2,(H,21,22);3*1H. The molecule has 1 amide bonds. The van der Waals surface area contributed by atoms with E-state index in [0.717, 1.165) is 32.2 Å². The fourth-order valence-electron chi connectivity index (χ4n) is 3.20. The lowest BCUT2D eigenvalue weighted by atomic mass is 9.87. The summed E-state index contributed by atoms with van der Waals surface area (Å²) in [6.45, 7) is 0.959. The lowest BCUT2D eigenvalue weighted by Crippen LogP contribution is -2.36. The van der Waals surface area contributed by atoms with Crippen LogP contribution in [0.25, 0.3) is 0 Å². The maximum Gasteiger partial charge on any atom is 0.274 e. The van der Waals surface area contributed by atoms with Crippen molar-refractivity contribution >= 4 is 5.91 Å². The number of nitrogens with one attached hydrogen (secondary N) is 2. The maximum absolute atomic E-state index is 11.5. The van der Waals surface area contributed by atoms with Gasteiger partial charge in [0.15, 0.2) is 0 Å². The fraction of sp³-hybridized carbons (Fsp3) is 0.316. The monoisotopic (exact) mass is 316 g/mol. The van der Waals surface area contributed by atoms with Crippen molar-refractivity contribution < 1.29 is 14.3 Å².